The molecule has 22 heavy (non-hydrogen) atoms. The van der Waals surface area contributed by atoms with Crippen molar-refractivity contribution in [3.8, 4) is 0 Å². The zero-order valence-corrected chi connectivity index (χ0v) is 14.3. The Hall–Kier alpha value is -1.88. The third kappa shape index (κ3) is 3.85. The van der Waals surface area contributed by atoms with E-state index in [0.717, 1.165) is 34.1 Å². The number of nitrogens with one attached hydrogen (secondary N) is 1. The number of halogens is 1. The molecule has 116 valence electrons. The van der Waals surface area contributed by atoms with Gasteiger partial charge in [0.2, 0.25) is 5.91 Å². The Balaban J connectivity index is 2.22. The summed E-state index contributed by atoms with van der Waals surface area (Å²) in [7, 11) is 0. The Labute approximate surface area is 138 Å². The third-order valence-corrected chi connectivity index (χ3v) is 3.99. The first-order valence-electron chi connectivity index (χ1n) is 7.31. The molecule has 0 saturated heterocycles. The van der Waals surface area contributed by atoms with Gasteiger partial charge in [-0.1, -0.05) is 32.0 Å². The van der Waals surface area contributed by atoms with E-state index in [1.165, 1.54) is 10.6 Å². The van der Waals surface area contributed by atoms with Crippen molar-refractivity contribution in [2.45, 2.75) is 33.2 Å². The Morgan fingerprint density at radius 2 is 1.77 bits per heavy atom. The molecule has 2 rings (SSSR count). The maximum absolute atomic E-state index is 12.3. The number of hydrogen-bond acceptors (Lipinski definition) is 2. The molecule has 0 atom stereocenters. The number of para-hydroxylation sites is 1. The van der Waals surface area contributed by atoms with Gasteiger partial charge in [-0.2, -0.15) is 0 Å². The van der Waals surface area contributed by atoms with Crippen molar-refractivity contribution in [1.82, 2.24) is 4.57 Å². The number of rotatable bonds is 5. The van der Waals surface area contributed by atoms with Gasteiger partial charge in [0, 0.05) is 22.4 Å². The van der Waals surface area contributed by atoms with E-state index >= 15 is 0 Å². The lowest BCUT2D eigenvalue weighted by Gasteiger charge is -2.15. The van der Waals surface area contributed by atoms with E-state index in [4.69, 9.17) is 0 Å². The molecule has 1 aromatic heterocycles. The lowest BCUT2D eigenvalue weighted by molar-refractivity contribution is -0.116. The summed E-state index contributed by atoms with van der Waals surface area (Å²) in [4.78, 5) is 24.1. The summed E-state index contributed by atoms with van der Waals surface area (Å²) in [5.74, 6) is -0.198. The molecule has 1 N–H and O–H groups in total. The van der Waals surface area contributed by atoms with Crippen molar-refractivity contribution in [1.29, 1.82) is 0 Å². The van der Waals surface area contributed by atoms with Crippen LogP contribution in [0.3, 0.4) is 0 Å². The molecule has 0 saturated carbocycles. The number of amides is 1. The highest BCUT2D eigenvalue weighted by atomic mass is 79.9. The van der Waals surface area contributed by atoms with Crippen LogP contribution in [0.5, 0.6) is 0 Å². The molecule has 0 aliphatic rings. The highest BCUT2D eigenvalue weighted by molar-refractivity contribution is 9.10. The Kier molecular flexibility index (Phi) is 5.55. The quantitative estimate of drug-likeness (QED) is 0.886. The van der Waals surface area contributed by atoms with Gasteiger partial charge in [-0.3, -0.25) is 9.59 Å². The summed E-state index contributed by atoms with van der Waals surface area (Å²) in [6.45, 7) is 4.12. The molecule has 0 unspecified atom stereocenters. The molecule has 1 amide bonds. The van der Waals surface area contributed by atoms with E-state index in [2.05, 4.69) is 35.1 Å². The number of benzene rings is 1. The number of carbonyl (C=O) groups excluding carboxylic acids is 1. The Bertz CT molecular complexity index is 715. The van der Waals surface area contributed by atoms with E-state index in [0.29, 0.717) is 0 Å². The minimum absolute atomic E-state index is 0.000520. The van der Waals surface area contributed by atoms with E-state index in [9.17, 15) is 9.59 Å². The van der Waals surface area contributed by atoms with E-state index < -0.39 is 0 Å². The van der Waals surface area contributed by atoms with E-state index in [1.807, 2.05) is 18.2 Å². The van der Waals surface area contributed by atoms with Gasteiger partial charge in [0.25, 0.3) is 5.56 Å². The number of aryl methyl sites for hydroxylation is 2. The number of anilines is 1. The van der Waals surface area contributed by atoms with Crippen molar-refractivity contribution in [2.24, 2.45) is 0 Å². The first kappa shape index (κ1) is 16.5. The van der Waals surface area contributed by atoms with Crippen LogP contribution >= 0.6 is 15.9 Å². The predicted molar refractivity (Wildman–Crippen MR) is 92.2 cm³/mol. The largest absolute Gasteiger partial charge is 0.324 e. The fourth-order valence-electron chi connectivity index (χ4n) is 2.36. The summed E-state index contributed by atoms with van der Waals surface area (Å²) in [6, 6.07) is 9.14. The van der Waals surface area contributed by atoms with Crippen LogP contribution in [0.2, 0.25) is 0 Å². The monoisotopic (exact) mass is 362 g/mol. The SMILES string of the molecule is CCc1cccc(CC)c1NC(=O)Cn1cc(Br)ccc1=O. The molecule has 0 fully saturated rings. The third-order valence-electron chi connectivity index (χ3n) is 3.52. The van der Waals surface area contributed by atoms with Crippen LogP contribution in [0.25, 0.3) is 0 Å². The fourth-order valence-corrected chi connectivity index (χ4v) is 2.74. The van der Waals surface area contributed by atoms with Crippen LogP contribution in [-0.2, 0) is 24.2 Å². The van der Waals surface area contributed by atoms with Gasteiger partial charge in [0.05, 0.1) is 0 Å². The van der Waals surface area contributed by atoms with Gasteiger partial charge in [0.1, 0.15) is 6.54 Å². The van der Waals surface area contributed by atoms with Crippen molar-refractivity contribution in [3.05, 3.63) is 62.5 Å². The average Bonchev–Trinajstić information content (AvgIpc) is 2.51. The second-order valence-electron chi connectivity index (χ2n) is 5.02. The van der Waals surface area contributed by atoms with Crippen molar-refractivity contribution < 1.29 is 4.79 Å². The maximum Gasteiger partial charge on any atom is 0.251 e. The lowest BCUT2D eigenvalue weighted by Crippen LogP contribution is -2.27. The molecule has 1 aromatic carbocycles. The average molecular weight is 363 g/mol. The van der Waals surface area contributed by atoms with Gasteiger partial charge >= 0.3 is 0 Å². The molecule has 0 spiro atoms. The minimum Gasteiger partial charge on any atom is -0.324 e. The zero-order valence-electron chi connectivity index (χ0n) is 12.7. The molecule has 0 aliphatic carbocycles. The van der Waals surface area contributed by atoms with Crippen LogP contribution in [0.15, 0.2) is 45.8 Å². The molecule has 5 heteroatoms. The molecule has 4 nitrogen and oxygen atoms in total. The summed E-state index contributed by atoms with van der Waals surface area (Å²) in [5, 5.41) is 2.96. The van der Waals surface area contributed by atoms with Gasteiger partial charge in [-0.25, -0.2) is 0 Å². The standard InChI is InChI=1S/C17H19BrN2O2/c1-3-12-6-5-7-13(4-2)17(12)19-15(21)11-20-10-14(18)8-9-16(20)22/h5-10H,3-4,11H2,1-2H3,(H,19,21). The number of hydrogen-bond donors (Lipinski definition) is 1. The van der Waals surface area contributed by atoms with Gasteiger partial charge < -0.3 is 9.88 Å². The van der Waals surface area contributed by atoms with Crippen molar-refractivity contribution in [3.63, 3.8) is 0 Å². The van der Waals surface area contributed by atoms with Crippen LogP contribution in [0.4, 0.5) is 5.69 Å². The molecule has 0 bridgehead atoms. The summed E-state index contributed by atoms with van der Waals surface area (Å²) < 4.78 is 2.16. The highest BCUT2D eigenvalue weighted by Gasteiger charge is 2.11. The van der Waals surface area contributed by atoms with Crippen LogP contribution in [-0.4, -0.2) is 10.5 Å². The maximum atomic E-state index is 12.3. The highest BCUT2D eigenvalue weighted by Crippen LogP contribution is 2.22. The first-order chi connectivity index (χ1) is 10.5. The molecule has 1 heterocycles. The van der Waals surface area contributed by atoms with Crippen LogP contribution in [0.1, 0.15) is 25.0 Å². The molecule has 0 radical (unpaired) electrons. The number of aromatic nitrogens is 1. The normalized spacial score (nSPS) is 10.5. The number of nitrogens with zero attached hydrogens (tertiary/aromatic N) is 1. The number of carbonyl (C=O) groups is 1. The number of pyridine rings is 1. The first-order valence-corrected chi connectivity index (χ1v) is 8.11. The second-order valence-corrected chi connectivity index (χ2v) is 5.94. The Morgan fingerprint density at radius 1 is 1.14 bits per heavy atom. The van der Waals surface area contributed by atoms with Gasteiger partial charge in [-0.15, -0.1) is 0 Å². The van der Waals surface area contributed by atoms with E-state index in [1.54, 1.807) is 12.3 Å². The van der Waals surface area contributed by atoms with Crippen molar-refractivity contribution in [2.75, 3.05) is 5.32 Å². The van der Waals surface area contributed by atoms with Crippen LogP contribution < -0.4 is 10.9 Å². The summed E-state index contributed by atoms with van der Waals surface area (Å²) in [6.07, 6.45) is 3.31. The Morgan fingerprint density at radius 3 is 2.36 bits per heavy atom. The molecular weight excluding hydrogens is 344 g/mol. The van der Waals surface area contributed by atoms with Crippen LogP contribution in [0, 0.1) is 0 Å². The summed E-state index contributed by atoms with van der Waals surface area (Å²) >= 11 is 3.31. The van der Waals surface area contributed by atoms with E-state index in [-0.39, 0.29) is 18.0 Å². The predicted octanol–water partition coefficient (Wildman–Crippen LogP) is 3.37. The zero-order chi connectivity index (χ0) is 16.1. The second kappa shape index (κ2) is 7.40. The topological polar surface area (TPSA) is 51.1 Å². The van der Waals surface area contributed by atoms with Crippen molar-refractivity contribution >= 4 is 27.5 Å². The smallest absolute Gasteiger partial charge is 0.251 e. The molecule has 2 aromatic rings. The lowest BCUT2D eigenvalue weighted by atomic mass is 10.0. The molecule has 0 aliphatic heterocycles. The fraction of sp³-hybridized carbons (Fsp3) is 0.294. The van der Waals surface area contributed by atoms with Gasteiger partial charge in [-0.05, 0) is 46.0 Å². The molecular formula is C17H19BrN2O2. The minimum atomic E-state index is -0.198. The van der Waals surface area contributed by atoms with Gasteiger partial charge in [0.15, 0.2) is 0 Å². The summed E-state index contributed by atoms with van der Waals surface area (Å²) in [5.41, 5.74) is 2.89.